The second-order valence-electron chi connectivity index (χ2n) is 6.12. The van der Waals surface area contributed by atoms with Gasteiger partial charge in [0.15, 0.2) is 23.0 Å². The van der Waals surface area contributed by atoms with Crippen LogP contribution >= 0.6 is 0 Å². The second-order valence-corrected chi connectivity index (χ2v) is 6.12. The zero-order chi connectivity index (χ0) is 20.5. The normalized spacial score (nSPS) is 16.9. The van der Waals surface area contributed by atoms with E-state index in [9.17, 15) is 19.5 Å². The molecule has 0 saturated carbocycles. The Labute approximate surface area is 165 Å². The van der Waals surface area contributed by atoms with Crippen molar-refractivity contribution in [3.05, 3.63) is 47.5 Å². The Balaban J connectivity index is 1.72. The number of carbonyl (C=O) groups is 3. The van der Waals surface area contributed by atoms with Gasteiger partial charge in [-0.2, -0.15) is 0 Å². The molecule has 0 unspecified atom stereocenters. The van der Waals surface area contributed by atoms with Crippen LogP contribution in [0.25, 0.3) is 6.08 Å². The van der Waals surface area contributed by atoms with Crippen LogP contribution in [-0.2, 0) is 9.59 Å². The number of para-hydroxylation sites is 1. The molecule has 1 saturated heterocycles. The summed E-state index contributed by atoms with van der Waals surface area (Å²) in [6.45, 7) is 2.13. The van der Waals surface area contributed by atoms with Gasteiger partial charge in [0.1, 0.15) is 5.57 Å². The number of hydrogen-bond donors (Lipinski definition) is 2. The smallest absolute Gasteiger partial charge is 0.335 e. The van der Waals surface area contributed by atoms with Crippen LogP contribution in [0.15, 0.2) is 42.0 Å². The minimum Gasteiger partial charge on any atom is -0.504 e. The number of fused-ring (bicyclic) bond motifs is 1. The average Bonchev–Trinajstić information content (AvgIpc) is 3.16. The number of nitrogens with one attached hydrogen (secondary N) is 1. The number of anilines is 1. The van der Waals surface area contributed by atoms with Gasteiger partial charge in [-0.05, 0) is 31.2 Å². The summed E-state index contributed by atoms with van der Waals surface area (Å²) in [5.74, 6) is -0.823. The number of phenols is 1. The Kier molecular flexibility index (Phi) is 4.55. The number of urea groups is 1. The van der Waals surface area contributed by atoms with Crippen LogP contribution in [0.2, 0.25) is 0 Å². The molecule has 1 fully saturated rings. The summed E-state index contributed by atoms with van der Waals surface area (Å²) < 4.78 is 15.8. The number of rotatable bonds is 4. The lowest BCUT2D eigenvalue weighted by atomic mass is 10.1. The molecule has 9 heteroatoms. The fourth-order valence-corrected chi connectivity index (χ4v) is 3.00. The largest absolute Gasteiger partial charge is 0.504 e. The first kappa shape index (κ1) is 18.4. The second kappa shape index (κ2) is 7.19. The minimum atomic E-state index is -0.886. The third kappa shape index (κ3) is 3.22. The van der Waals surface area contributed by atoms with Crippen LogP contribution in [0.4, 0.5) is 10.5 Å². The predicted molar refractivity (Wildman–Crippen MR) is 101 cm³/mol. The molecule has 0 aliphatic carbocycles. The van der Waals surface area contributed by atoms with Gasteiger partial charge >= 0.3 is 6.03 Å². The predicted octanol–water partition coefficient (Wildman–Crippen LogP) is 2.19. The van der Waals surface area contributed by atoms with Crippen molar-refractivity contribution in [1.29, 1.82) is 0 Å². The van der Waals surface area contributed by atoms with Gasteiger partial charge < -0.3 is 19.3 Å². The summed E-state index contributed by atoms with van der Waals surface area (Å²) in [6, 6.07) is 8.35. The summed E-state index contributed by atoms with van der Waals surface area (Å²) in [5.41, 5.74) is 0.100. The average molecular weight is 396 g/mol. The Morgan fingerprint density at radius 1 is 1.17 bits per heavy atom. The number of barbiturate groups is 1. The van der Waals surface area contributed by atoms with Crippen molar-refractivity contribution in [2.45, 2.75) is 6.92 Å². The van der Waals surface area contributed by atoms with E-state index in [4.69, 9.17) is 14.2 Å². The maximum Gasteiger partial charge on any atom is 0.335 e. The number of aromatic hydroxyl groups is 1. The number of hydrogen-bond acceptors (Lipinski definition) is 7. The highest BCUT2D eigenvalue weighted by Gasteiger charge is 2.37. The molecule has 2 aromatic rings. The number of amides is 4. The number of ether oxygens (including phenoxy) is 3. The lowest BCUT2D eigenvalue weighted by molar-refractivity contribution is -0.122. The van der Waals surface area contributed by atoms with Gasteiger partial charge in [0.05, 0.1) is 12.3 Å². The lowest BCUT2D eigenvalue weighted by Gasteiger charge is -2.26. The first-order chi connectivity index (χ1) is 14.0. The first-order valence-corrected chi connectivity index (χ1v) is 8.75. The monoisotopic (exact) mass is 396 g/mol. The van der Waals surface area contributed by atoms with E-state index in [1.165, 1.54) is 24.3 Å². The van der Waals surface area contributed by atoms with Crippen molar-refractivity contribution >= 4 is 29.6 Å². The quantitative estimate of drug-likeness (QED) is 0.601. The highest BCUT2D eigenvalue weighted by molar-refractivity contribution is 6.39. The number of phenolic OH excluding ortho intramolecular Hbond substituents is 1. The van der Waals surface area contributed by atoms with Crippen LogP contribution in [0.1, 0.15) is 12.5 Å². The summed E-state index contributed by atoms with van der Waals surface area (Å²) in [7, 11) is 0. The molecule has 0 spiro atoms. The van der Waals surface area contributed by atoms with Crippen LogP contribution in [-0.4, -0.2) is 36.4 Å². The molecule has 29 heavy (non-hydrogen) atoms. The fourth-order valence-electron chi connectivity index (χ4n) is 3.00. The van der Waals surface area contributed by atoms with E-state index >= 15 is 0 Å². The van der Waals surface area contributed by atoms with E-state index in [2.05, 4.69) is 5.32 Å². The van der Waals surface area contributed by atoms with Crippen molar-refractivity contribution < 1.29 is 33.7 Å². The number of benzene rings is 2. The highest BCUT2D eigenvalue weighted by atomic mass is 16.7. The van der Waals surface area contributed by atoms with Crippen molar-refractivity contribution in [2.75, 3.05) is 18.3 Å². The van der Waals surface area contributed by atoms with E-state index in [-0.39, 0.29) is 35.1 Å². The number of nitrogens with zero attached hydrogens (tertiary/aromatic N) is 1. The highest BCUT2D eigenvalue weighted by Crippen LogP contribution is 2.37. The van der Waals surface area contributed by atoms with E-state index in [0.29, 0.717) is 18.1 Å². The van der Waals surface area contributed by atoms with Gasteiger partial charge in [-0.15, -0.1) is 0 Å². The summed E-state index contributed by atoms with van der Waals surface area (Å²) >= 11 is 0. The molecule has 148 valence electrons. The van der Waals surface area contributed by atoms with E-state index < -0.39 is 17.8 Å². The zero-order valence-electron chi connectivity index (χ0n) is 15.3. The Bertz CT molecular complexity index is 1060. The molecule has 2 N–H and O–H groups in total. The topological polar surface area (TPSA) is 114 Å². The van der Waals surface area contributed by atoms with Crippen molar-refractivity contribution in [3.63, 3.8) is 0 Å². The van der Waals surface area contributed by atoms with Gasteiger partial charge in [0.2, 0.25) is 6.79 Å². The third-order valence-corrected chi connectivity index (χ3v) is 4.35. The third-order valence-electron chi connectivity index (χ3n) is 4.35. The van der Waals surface area contributed by atoms with Gasteiger partial charge in [-0.25, -0.2) is 9.69 Å². The van der Waals surface area contributed by atoms with E-state index in [1.54, 1.807) is 25.1 Å². The number of imide groups is 2. The summed E-state index contributed by atoms with van der Waals surface area (Å²) in [5, 5.41) is 12.5. The fraction of sp³-hybridized carbons (Fsp3) is 0.150. The summed E-state index contributed by atoms with van der Waals surface area (Å²) in [4.78, 5) is 38.4. The van der Waals surface area contributed by atoms with Crippen molar-refractivity contribution in [2.24, 2.45) is 0 Å². The molecule has 0 aromatic heterocycles. The standard InChI is InChI=1S/C20H16N2O7/c1-2-27-15-5-3-4-11(17(15)23)8-13-18(24)21-20(26)22(19(13)25)12-6-7-14-16(9-12)29-10-28-14/h3-9,23H,2,10H2,1H3,(H,21,24,26)/b13-8+. The molecule has 4 rings (SSSR count). The molecule has 2 aliphatic rings. The number of carbonyl (C=O) groups excluding carboxylic acids is 3. The first-order valence-electron chi connectivity index (χ1n) is 8.75. The molecule has 0 atom stereocenters. The maximum absolute atomic E-state index is 13.0. The van der Waals surface area contributed by atoms with E-state index in [0.717, 1.165) is 4.90 Å². The molecule has 2 aromatic carbocycles. The molecule has 4 amide bonds. The van der Waals surface area contributed by atoms with Crippen LogP contribution in [0, 0.1) is 0 Å². The lowest BCUT2D eigenvalue weighted by Crippen LogP contribution is -2.54. The molecule has 9 nitrogen and oxygen atoms in total. The Hall–Kier alpha value is -4.01. The zero-order valence-corrected chi connectivity index (χ0v) is 15.3. The van der Waals surface area contributed by atoms with Gasteiger partial charge in [0.25, 0.3) is 11.8 Å². The van der Waals surface area contributed by atoms with Gasteiger partial charge in [-0.1, -0.05) is 12.1 Å². The van der Waals surface area contributed by atoms with Gasteiger partial charge in [-0.3, -0.25) is 14.9 Å². The summed E-state index contributed by atoms with van der Waals surface area (Å²) in [6.07, 6.45) is 1.21. The molecular formula is C20H16N2O7. The molecule has 0 bridgehead atoms. The SMILES string of the molecule is CCOc1cccc(/C=C2\C(=O)NC(=O)N(c3ccc4c(c3)OCO4)C2=O)c1O. The molecule has 2 aliphatic heterocycles. The van der Waals surface area contributed by atoms with E-state index in [1.807, 2.05) is 0 Å². The Morgan fingerprint density at radius 2 is 1.97 bits per heavy atom. The maximum atomic E-state index is 13.0. The molecule has 2 heterocycles. The van der Waals surface area contributed by atoms with Crippen LogP contribution in [0.5, 0.6) is 23.0 Å². The molecule has 0 radical (unpaired) electrons. The van der Waals surface area contributed by atoms with Gasteiger partial charge in [0, 0.05) is 11.6 Å². The molecular weight excluding hydrogens is 380 g/mol. The van der Waals surface area contributed by atoms with Crippen LogP contribution < -0.4 is 24.4 Å². The van der Waals surface area contributed by atoms with Crippen molar-refractivity contribution in [1.82, 2.24) is 5.32 Å². The van der Waals surface area contributed by atoms with Crippen molar-refractivity contribution in [3.8, 4) is 23.0 Å². The minimum absolute atomic E-state index is 0.0397. The Morgan fingerprint density at radius 3 is 2.76 bits per heavy atom. The van der Waals surface area contributed by atoms with Crippen LogP contribution in [0.3, 0.4) is 0 Å².